The summed E-state index contributed by atoms with van der Waals surface area (Å²) in [5, 5.41) is 10.5. The van der Waals surface area contributed by atoms with Gasteiger partial charge in [-0.2, -0.15) is 23.2 Å². The highest BCUT2D eigenvalue weighted by atomic mass is 19.4. The summed E-state index contributed by atoms with van der Waals surface area (Å²) >= 11 is 0. The van der Waals surface area contributed by atoms with Crippen LogP contribution in [0.1, 0.15) is 16.7 Å². The van der Waals surface area contributed by atoms with Gasteiger partial charge >= 0.3 is 6.18 Å². The molecule has 5 nitrogen and oxygen atoms in total. The molecule has 1 aliphatic heterocycles. The first-order valence-corrected chi connectivity index (χ1v) is 7.00. The van der Waals surface area contributed by atoms with Crippen molar-refractivity contribution < 1.29 is 17.6 Å². The fraction of sp³-hybridized carbons (Fsp3) is 0.0625. The molecule has 2 aromatic carbocycles. The van der Waals surface area contributed by atoms with E-state index in [9.17, 15) is 17.6 Å². The average molecular weight is 349 g/mol. The number of amidine groups is 2. The minimum atomic E-state index is -4.60. The minimum Gasteiger partial charge on any atom is -0.383 e. The Morgan fingerprint density at radius 3 is 2.56 bits per heavy atom. The van der Waals surface area contributed by atoms with Gasteiger partial charge in [-0.1, -0.05) is 18.2 Å². The number of guanidine groups is 1. The topological polar surface area (TPSA) is 86.6 Å². The molecule has 0 spiro atoms. The van der Waals surface area contributed by atoms with Gasteiger partial charge in [-0.05, 0) is 24.3 Å². The van der Waals surface area contributed by atoms with Crippen LogP contribution >= 0.6 is 0 Å². The first-order valence-electron chi connectivity index (χ1n) is 7.00. The number of fused-ring (bicyclic) bond motifs is 1. The molecule has 0 unspecified atom stereocenters. The predicted molar refractivity (Wildman–Crippen MR) is 86.5 cm³/mol. The molecule has 1 aliphatic rings. The maximum Gasteiger partial charge on any atom is 0.417 e. The second-order valence-corrected chi connectivity index (χ2v) is 5.14. The number of nitrogens with two attached hydrogens (primary N) is 1. The summed E-state index contributed by atoms with van der Waals surface area (Å²) in [5.41, 5.74) is 5.40. The number of alkyl halides is 3. The highest BCUT2D eigenvalue weighted by Gasteiger charge is 2.33. The van der Waals surface area contributed by atoms with E-state index in [1.54, 1.807) is 0 Å². The fourth-order valence-corrected chi connectivity index (χ4v) is 2.30. The first-order chi connectivity index (χ1) is 11.8. The van der Waals surface area contributed by atoms with E-state index in [-0.39, 0.29) is 11.4 Å². The van der Waals surface area contributed by atoms with Crippen LogP contribution in [0.2, 0.25) is 0 Å². The van der Waals surface area contributed by atoms with Crippen molar-refractivity contribution in [2.45, 2.75) is 6.18 Å². The summed E-state index contributed by atoms with van der Waals surface area (Å²) in [7, 11) is 0. The largest absolute Gasteiger partial charge is 0.417 e. The van der Waals surface area contributed by atoms with Crippen molar-refractivity contribution in [2.75, 3.05) is 5.32 Å². The standard InChI is InChI=1S/C16H11F4N5/c17-8-5-6-12-10(7-8)14(23-12)25-15(22)24-13(21)9-3-1-2-4-11(9)16(18,19)20/h1-7H,(H4,21,22,23,24,25). The lowest BCUT2D eigenvalue weighted by Crippen LogP contribution is -2.27. The quantitative estimate of drug-likeness (QED) is 0.419. The second kappa shape index (κ2) is 6.00. The molecule has 0 saturated heterocycles. The lowest BCUT2D eigenvalue weighted by Gasteiger charge is -2.23. The van der Waals surface area contributed by atoms with E-state index in [2.05, 4.69) is 15.3 Å². The summed E-state index contributed by atoms with van der Waals surface area (Å²) in [6, 6.07) is 8.64. The van der Waals surface area contributed by atoms with E-state index < -0.39 is 29.4 Å². The zero-order valence-electron chi connectivity index (χ0n) is 12.5. The number of hydrogen-bond donors (Lipinski definition) is 3. The molecule has 4 N–H and O–H groups in total. The Hall–Kier alpha value is -3.23. The number of aliphatic imine (C=N–C) groups is 2. The highest BCUT2D eigenvalue weighted by molar-refractivity contribution is 6.24. The number of benzene rings is 2. The number of anilines is 1. The van der Waals surface area contributed by atoms with Crippen molar-refractivity contribution in [2.24, 2.45) is 15.7 Å². The Morgan fingerprint density at radius 1 is 1.12 bits per heavy atom. The van der Waals surface area contributed by atoms with E-state index in [1.807, 2.05) is 0 Å². The molecule has 25 heavy (non-hydrogen) atoms. The monoisotopic (exact) mass is 349 g/mol. The average Bonchev–Trinajstić information content (AvgIpc) is 2.53. The van der Waals surface area contributed by atoms with Gasteiger partial charge < -0.3 is 11.1 Å². The van der Waals surface area contributed by atoms with Crippen LogP contribution in [0.4, 0.5) is 23.2 Å². The third-order valence-electron chi connectivity index (χ3n) is 3.44. The van der Waals surface area contributed by atoms with Crippen LogP contribution in [0.3, 0.4) is 0 Å². The Labute approximate surface area is 139 Å². The van der Waals surface area contributed by atoms with Crippen LogP contribution in [0.15, 0.2) is 52.4 Å². The zero-order valence-corrected chi connectivity index (χ0v) is 12.5. The highest BCUT2D eigenvalue weighted by Crippen LogP contribution is 2.31. The van der Waals surface area contributed by atoms with Crippen LogP contribution in [0.5, 0.6) is 0 Å². The van der Waals surface area contributed by atoms with Crippen molar-refractivity contribution >= 4 is 23.3 Å². The number of halogens is 4. The summed E-state index contributed by atoms with van der Waals surface area (Å²) in [4.78, 5) is 7.39. The molecule has 3 rings (SSSR count). The van der Waals surface area contributed by atoms with Gasteiger partial charge in [-0.15, -0.1) is 0 Å². The molecule has 2 aromatic rings. The van der Waals surface area contributed by atoms with Gasteiger partial charge in [-0.3, -0.25) is 5.41 Å². The number of nitrogens with one attached hydrogen (secondary N) is 2. The molecule has 0 bridgehead atoms. The van der Waals surface area contributed by atoms with Crippen LogP contribution in [0, 0.1) is 11.2 Å². The molecular formula is C16H11F4N5. The minimum absolute atomic E-state index is 0.195. The molecule has 0 fully saturated rings. The second-order valence-electron chi connectivity index (χ2n) is 5.14. The summed E-state index contributed by atoms with van der Waals surface area (Å²) < 4.78 is 52.1. The molecule has 0 radical (unpaired) electrons. The van der Waals surface area contributed by atoms with Crippen molar-refractivity contribution in [3.8, 4) is 0 Å². The van der Waals surface area contributed by atoms with Crippen LogP contribution < -0.4 is 11.1 Å². The van der Waals surface area contributed by atoms with Gasteiger partial charge in [0.1, 0.15) is 17.5 Å². The molecule has 0 aromatic heterocycles. The summed E-state index contributed by atoms with van der Waals surface area (Å²) in [5.74, 6) is -1.37. The first kappa shape index (κ1) is 16.6. The van der Waals surface area contributed by atoms with Crippen molar-refractivity contribution in [1.82, 2.24) is 0 Å². The Balaban J connectivity index is 1.87. The predicted octanol–water partition coefficient (Wildman–Crippen LogP) is 3.36. The smallest absolute Gasteiger partial charge is 0.383 e. The Bertz CT molecular complexity index is 915. The van der Waals surface area contributed by atoms with Crippen LogP contribution in [-0.4, -0.2) is 17.6 Å². The molecular weight excluding hydrogens is 338 g/mol. The summed E-state index contributed by atoms with van der Waals surface area (Å²) in [6.07, 6.45) is -4.60. The molecule has 128 valence electrons. The van der Waals surface area contributed by atoms with Gasteiger partial charge in [-0.25, -0.2) is 4.39 Å². The van der Waals surface area contributed by atoms with Crippen LogP contribution in [-0.2, 0) is 6.18 Å². The Morgan fingerprint density at radius 2 is 1.84 bits per heavy atom. The van der Waals surface area contributed by atoms with E-state index in [1.165, 1.54) is 30.3 Å². The molecule has 1 heterocycles. The van der Waals surface area contributed by atoms with E-state index >= 15 is 0 Å². The van der Waals surface area contributed by atoms with Gasteiger partial charge in [0, 0.05) is 11.1 Å². The molecule has 0 saturated carbocycles. The molecule has 0 amide bonds. The lowest BCUT2D eigenvalue weighted by molar-refractivity contribution is -0.137. The SMILES string of the molecule is N=C(/N=C1\Nc2ccc(F)cc21)/N=C(\N)c1ccccc1C(F)(F)F. The Kier molecular flexibility index (Phi) is 3.99. The van der Waals surface area contributed by atoms with Crippen molar-refractivity contribution in [1.29, 1.82) is 5.41 Å². The van der Waals surface area contributed by atoms with E-state index in [0.717, 1.165) is 12.1 Å². The fourth-order valence-electron chi connectivity index (χ4n) is 2.30. The zero-order chi connectivity index (χ0) is 18.2. The molecule has 9 heteroatoms. The van der Waals surface area contributed by atoms with E-state index in [4.69, 9.17) is 11.1 Å². The van der Waals surface area contributed by atoms with E-state index in [0.29, 0.717) is 11.3 Å². The maximum atomic E-state index is 13.2. The summed E-state index contributed by atoms with van der Waals surface area (Å²) in [6.45, 7) is 0. The third kappa shape index (κ3) is 3.35. The maximum absolute atomic E-state index is 13.2. The van der Waals surface area contributed by atoms with Gasteiger partial charge in [0.15, 0.2) is 0 Å². The third-order valence-corrected chi connectivity index (χ3v) is 3.44. The van der Waals surface area contributed by atoms with Gasteiger partial charge in [0.05, 0.1) is 11.3 Å². The van der Waals surface area contributed by atoms with Gasteiger partial charge in [0.2, 0.25) is 5.96 Å². The normalized spacial score (nSPS) is 15.4. The van der Waals surface area contributed by atoms with Crippen molar-refractivity contribution in [3.05, 3.63) is 65.0 Å². The number of rotatable bonds is 1. The van der Waals surface area contributed by atoms with Crippen molar-refractivity contribution in [3.63, 3.8) is 0 Å². The number of hydrogen-bond acceptors (Lipinski definition) is 1. The number of nitrogens with zero attached hydrogens (tertiary/aromatic N) is 2. The van der Waals surface area contributed by atoms with Crippen LogP contribution in [0.25, 0.3) is 0 Å². The van der Waals surface area contributed by atoms with Gasteiger partial charge in [0.25, 0.3) is 0 Å². The molecule has 0 atom stereocenters. The lowest BCUT2D eigenvalue weighted by atomic mass is 10.1. The molecule has 0 aliphatic carbocycles.